The van der Waals surface area contributed by atoms with Crippen molar-refractivity contribution in [3.05, 3.63) is 65.5 Å². The SMILES string of the molecule is CO[C]1C=C=C(C(N)(c2ccc(OC)cc2)[C@H](N)C(C)C)C=C1. The Balaban J connectivity index is 2.53. The zero-order chi connectivity index (χ0) is 17.0. The number of ether oxygens (including phenoxy) is 2. The molecule has 0 saturated heterocycles. The number of hydrogen-bond acceptors (Lipinski definition) is 4. The zero-order valence-corrected chi connectivity index (χ0v) is 14.2. The standard InChI is InChI=1S/C19H25N2O2/c1-13(2)18(20)19(21,14-5-9-16(22-3)10-6-14)15-7-11-17(23-4)12-8-15/h5-7,9-13,18H,20-21H2,1-4H3/t18-,19?/m1/s1. The van der Waals surface area contributed by atoms with Crippen LogP contribution >= 0.6 is 0 Å². The fourth-order valence-corrected chi connectivity index (χ4v) is 2.71. The Hall–Kier alpha value is -1.84. The predicted molar refractivity (Wildman–Crippen MR) is 92.7 cm³/mol. The molecule has 1 aromatic carbocycles. The highest BCUT2D eigenvalue weighted by Crippen LogP contribution is 2.35. The third-order valence-corrected chi connectivity index (χ3v) is 4.28. The summed E-state index contributed by atoms with van der Waals surface area (Å²) in [6.07, 6.45) is 6.33. The molecule has 0 aliphatic heterocycles. The highest BCUT2D eigenvalue weighted by atomic mass is 16.5. The van der Waals surface area contributed by atoms with E-state index in [9.17, 15) is 0 Å². The second-order valence-electron chi connectivity index (χ2n) is 6.01. The molecule has 4 nitrogen and oxygen atoms in total. The van der Waals surface area contributed by atoms with Crippen molar-refractivity contribution in [3.8, 4) is 5.75 Å². The Morgan fingerprint density at radius 1 is 1.04 bits per heavy atom. The van der Waals surface area contributed by atoms with Crippen LogP contribution in [0.2, 0.25) is 0 Å². The first-order valence-corrected chi connectivity index (χ1v) is 7.68. The summed E-state index contributed by atoms with van der Waals surface area (Å²) >= 11 is 0. The van der Waals surface area contributed by atoms with Gasteiger partial charge in [0.1, 0.15) is 11.9 Å². The van der Waals surface area contributed by atoms with Crippen LogP contribution in [-0.4, -0.2) is 20.3 Å². The van der Waals surface area contributed by atoms with Crippen molar-refractivity contribution in [1.29, 1.82) is 0 Å². The van der Waals surface area contributed by atoms with Crippen molar-refractivity contribution in [2.24, 2.45) is 17.4 Å². The Morgan fingerprint density at radius 3 is 2.13 bits per heavy atom. The maximum atomic E-state index is 6.83. The molecule has 4 N–H and O–H groups in total. The van der Waals surface area contributed by atoms with E-state index in [4.69, 9.17) is 20.9 Å². The van der Waals surface area contributed by atoms with E-state index >= 15 is 0 Å². The fraction of sp³-hybridized carbons (Fsp3) is 0.368. The molecular formula is C19H25N2O2. The van der Waals surface area contributed by atoms with Crippen LogP contribution in [0.15, 0.2) is 53.8 Å². The smallest absolute Gasteiger partial charge is 0.148 e. The molecule has 0 spiro atoms. The molecule has 0 amide bonds. The van der Waals surface area contributed by atoms with Gasteiger partial charge in [-0.3, -0.25) is 0 Å². The Morgan fingerprint density at radius 2 is 1.70 bits per heavy atom. The molecule has 2 atom stereocenters. The van der Waals surface area contributed by atoms with Crippen molar-refractivity contribution < 1.29 is 9.47 Å². The zero-order valence-electron chi connectivity index (χ0n) is 14.2. The monoisotopic (exact) mass is 313 g/mol. The van der Waals surface area contributed by atoms with E-state index in [1.807, 2.05) is 36.4 Å². The molecule has 0 aromatic heterocycles. The number of hydrogen-bond donors (Lipinski definition) is 2. The molecule has 0 heterocycles. The van der Waals surface area contributed by atoms with Gasteiger partial charge in [-0.25, -0.2) is 0 Å². The van der Waals surface area contributed by atoms with Gasteiger partial charge < -0.3 is 20.9 Å². The van der Waals surface area contributed by atoms with E-state index in [2.05, 4.69) is 19.6 Å². The minimum atomic E-state index is -0.841. The third kappa shape index (κ3) is 3.41. The number of rotatable bonds is 6. The van der Waals surface area contributed by atoms with Gasteiger partial charge in [-0.2, -0.15) is 0 Å². The van der Waals surface area contributed by atoms with Crippen LogP contribution in [0.1, 0.15) is 19.4 Å². The quantitative estimate of drug-likeness (QED) is 0.792. The van der Waals surface area contributed by atoms with Crippen molar-refractivity contribution in [2.75, 3.05) is 14.2 Å². The molecule has 1 radical (unpaired) electrons. The maximum Gasteiger partial charge on any atom is 0.148 e. The fourth-order valence-electron chi connectivity index (χ4n) is 2.71. The Bertz CT molecular complexity index is 627. The number of methoxy groups -OCH3 is 2. The maximum absolute atomic E-state index is 6.83. The number of benzene rings is 1. The average Bonchev–Trinajstić information content (AvgIpc) is 2.60. The van der Waals surface area contributed by atoms with Gasteiger partial charge in [0.2, 0.25) is 0 Å². The summed E-state index contributed by atoms with van der Waals surface area (Å²) in [5.41, 5.74) is 17.5. The first-order valence-electron chi connectivity index (χ1n) is 7.68. The molecule has 1 aliphatic rings. The van der Waals surface area contributed by atoms with Crippen LogP contribution in [0.3, 0.4) is 0 Å². The summed E-state index contributed by atoms with van der Waals surface area (Å²) in [6.45, 7) is 4.14. The van der Waals surface area contributed by atoms with Gasteiger partial charge in [-0.15, -0.1) is 5.73 Å². The van der Waals surface area contributed by atoms with Crippen molar-refractivity contribution in [1.82, 2.24) is 0 Å². The molecule has 1 unspecified atom stereocenters. The van der Waals surface area contributed by atoms with Crippen LogP contribution in [0.4, 0.5) is 0 Å². The summed E-state index contributed by atoms with van der Waals surface area (Å²) in [7, 11) is 3.27. The first-order chi connectivity index (χ1) is 10.9. The Labute approximate surface area is 138 Å². The summed E-state index contributed by atoms with van der Waals surface area (Å²) < 4.78 is 10.4. The molecule has 23 heavy (non-hydrogen) atoms. The van der Waals surface area contributed by atoms with Crippen molar-refractivity contribution >= 4 is 0 Å². The lowest BCUT2D eigenvalue weighted by Crippen LogP contribution is -2.56. The lowest BCUT2D eigenvalue weighted by molar-refractivity contribution is 0.256. The topological polar surface area (TPSA) is 70.5 Å². The average molecular weight is 313 g/mol. The summed E-state index contributed by atoms with van der Waals surface area (Å²) in [6, 6.07) is 7.44. The van der Waals surface area contributed by atoms with Gasteiger partial charge in [0.15, 0.2) is 0 Å². The van der Waals surface area contributed by atoms with Crippen LogP contribution in [0, 0.1) is 12.0 Å². The highest BCUT2D eigenvalue weighted by molar-refractivity contribution is 5.47. The van der Waals surface area contributed by atoms with E-state index < -0.39 is 5.54 Å². The second-order valence-corrected chi connectivity index (χ2v) is 6.01. The predicted octanol–water partition coefficient (Wildman–Crippen LogP) is 2.66. The molecule has 2 rings (SSSR count). The van der Waals surface area contributed by atoms with Gasteiger partial charge in [0.25, 0.3) is 0 Å². The van der Waals surface area contributed by atoms with Gasteiger partial charge in [0, 0.05) is 18.7 Å². The van der Waals surface area contributed by atoms with Crippen LogP contribution in [0.25, 0.3) is 0 Å². The number of nitrogens with two attached hydrogens (primary N) is 2. The molecule has 0 fully saturated rings. The lowest BCUT2D eigenvalue weighted by atomic mass is 9.73. The van der Waals surface area contributed by atoms with E-state index in [0.717, 1.165) is 23.0 Å². The van der Waals surface area contributed by atoms with Crippen LogP contribution < -0.4 is 16.2 Å². The molecule has 1 aliphatic carbocycles. The summed E-state index contributed by atoms with van der Waals surface area (Å²) in [4.78, 5) is 0. The van der Waals surface area contributed by atoms with Gasteiger partial charge in [0.05, 0.1) is 12.6 Å². The van der Waals surface area contributed by atoms with E-state index in [-0.39, 0.29) is 12.0 Å². The third-order valence-electron chi connectivity index (χ3n) is 4.28. The molecule has 123 valence electrons. The van der Waals surface area contributed by atoms with Gasteiger partial charge >= 0.3 is 0 Å². The molecule has 4 heteroatoms. The molecule has 1 aromatic rings. The molecule has 0 bridgehead atoms. The molecule has 0 saturated carbocycles. The largest absolute Gasteiger partial charge is 0.497 e. The molecular weight excluding hydrogens is 288 g/mol. The lowest BCUT2D eigenvalue weighted by Gasteiger charge is -2.39. The minimum Gasteiger partial charge on any atom is -0.497 e. The van der Waals surface area contributed by atoms with E-state index in [1.165, 1.54) is 0 Å². The first kappa shape index (κ1) is 17.5. The minimum absolute atomic E-state index is 0.206. The van der Waals surface area contributed by atoms with E-state index in [0.29, 0.717) is 0 Å². The second kappa shape index (κ2) is 7.16. The van der Waals surface area contributed by atoms with Gasteiger partial charge in [-0.05, 0) is 41.8 Å². The normalized spacial score (nSPS) is 18.7. The highest BCUT2D eigenvalue weighted by Gasteiger charge is 2.39. The summed E-state index contributed by atoms with van der Waals surface area (Å²) in [5.74, 6) is 0.991. The van der Waals surface area contributed by atoms with Crippen LogP contribution in [-0.2, 0) is 10.3 Å². The van der Waals surface area contributed by atoms with Crippen molar-refractivity contribution in [3.63, 3.8) is 0 Å². The van der Waals surface area contributed by atoms with Gasteiger partial charge in [-0.1, -0.05) is 26.0 Å². The van der Waals surface area contributed by atoms with Crippen molar-refractivity contribution in [2.45, 2.75) is 25.4 Å². The summed E-state index contributed by atoms with van der Waals surface area (Å²) in [5, 5.41) is 0. The van der Waals surface area contributed by atoms with Crippen LogP contribution in [0.5, 0.6) is 5.75 Å². The van der Waals surface area contributed by atoms with E-state index in [1.54, 1.807) is 20.3 Å². The Kier molecular flexibility index (Phi) is 5.45.